The second-order valence-electron chi connectivity index (χ2n) is 4.69. The van der Waals surface area contributed by atoms with Crippen LogP contribution in [-0.2, 0) is 13.0 Å². The van der Waals surface area contributed by atoms with Crippen molar-refractivity contribution in [3.05, 3.63) is 35.7 Å². The number of benzene rings is 1. The third-order valence-corrected chi connectivity index (χ3v) is 3.45. The molecule has 0 atom stereocenters. The molecule has 0 saturated carbocycles. The number of aromatic carboxylic acids is 1. The lowest BCUT2D eigenvalue weighted by atomic mass is 10.1. The molecule has 5 nitrogen and oxygen atoms in total. The summed E-state index contributed by atoms with van der Waals surface area (Å²) in [5.41, 5.74) is 1.79. The van der Waals surface area contributed by atoms with Gasteiger partial charge in [0.15, 0.2) is 5.69 Å². The van der Waals surface area contributed by atoms with Crippen molar-refractivity contribution < 1.29 is 15.0 Å². The first-order chi connectivity index (χ1) is 9.16. The minimum atomic E-state index is -0.976. The lowest BCUT2D eigenvalue weighted by Crippen LogP contribution is -2.13. The number of aromatic hydroxyl groups is 1. The highest BCUT2D eigenvalue weighted by Gasteiger charge is 2.24. The largest absolute Gasteiger partial charge is 0.508 e. The zero-order valence-corrected chi connectivity index (χ0v) is 10.3. The van der Waals surface area contributed by atoms with Crippen LogP contribution in [0.2, 0.25) is 0 Å². The van der Waals surface area contributed by atoms with Crippen LogP contribution in [0.1, 0.15) is 29.0 Å². The van der Waals surface area contributed by atoms with E-state index in [9.17, 15) is 15.0 Å². The van der Waals surface area contributed by atoms with E-state index in [0.29, 0.717) is 5.82 Å². The fraction of sp³-hybridized carbons (Fsp3) is 0.286. The Hall–Kier alpha value is -2.30. The number of fused-ring (bicyclic) bond motifs is 1. The summed E-state index contributed by atoms with van der Waals surface area (Å²) in [5.74, 6) is -0.115. The maximum Gasteiger partial charge on any atom is 0.356 e. The van der Waals surface area contributed by atoms with E-state index < -0.39 is 5.97 Å². The van der Waals surface area contributed by atoms with Gasteiger partial charge < -0.3 is 14.8 Å². The van der Waals surface area contributed by atoms with Gasteiger partial charge in [-0.3, -0.25) is 0 Å². The molecule has 0 amide bonds. The number of carbonyl (C=O) groups is 1. The summed E-state index contributed by atoms with van der Waals surface area (Å²) in [7, 11) is 0. The molecule has 98 valence electrons. The minimum absolute atomic E-state index is 0.155. The number of imidazole rings is 1. The van der Waals surface area contributed by atoms with Gasteiger partial charge in [0.1, 0.15) is 11.6 Å². The van der Waals surface area contributed by atoms with Gasteiger partial charge in [0, 0.05) is 12.1 Å². The van der Waals surface area contributed by atoms with E-state index >= 15 is 0 Å². The van der Waals surface area contributed by atoms with Gasteiger partial charge in [-0.05, 0) is 43.5 Å². The molecule has 2 heterocycles. The number of carboxylic acid groups (broad SMARTS) is 1. The second-order valence-corrected chi connectivity index (χ2v) is 4.69. The first-order valence-corrected chi connectivity index (χ1v) is 6.29. The molecule has 2 N–H and O–H groups in total. The van der Waals surface area contributed by atoms with E-state index in [0.717, 1.165) is 37.1 Å². The monoisotopic (exact) mass is 258 g/mol. The Morgan fingerprint density at radius 3 is 2.63 bits per heavy atom. The van der Waals surface area contributed by atoms with Gasteiger partial charge in [-0.1, -0.05) is 0 Å². The van der Waals surface area contributed by atoms with Crippen LogP contribution in [0, 0.1) is 0 Å². The topological polar surface area (TPSA) is 75.3 Å². The highest BCUT2D eigenvalue weighted by Crippen LogP contribution is 2.28. The molecular weight excluding hydrogens is 244 g/mol. The highest BCUT2D eigenvalue weighted by atomic mass is 16.4. The number of phenols is 1. The van der Waals surface area contributed by atoms with Gasteiger partial charge >= 0.3 is 5.97 Å². The van der Waals surface area contributed by atoms with Crippen molar-refractivity contribution in [2.45, 2.75) is 25.8 Å². The molecule has 19 heavy (non-hydrogen) atoms. The molecule has 0 saturated heterocycles. The van der Waals surface area contributed by atoms with Crippen molar-refractivity contribution in [2.75, 3.05) is 0 Å². The Bertz CT molecular complexity index is 629. The third kappa shape index (κ3) is 1.97. The van der Waals surface area contributed by atoms with Crippen molar-refractivity contribution in [3.8, 4) is 17.1 Å². The van der Waals surface area contributed by atoms with E-state index in [1.54, 1.807) is 24.3 Å². The van der Waals surface area contributed by atoms with Crippen molar-refractivity contribution in [1.82, 2.24) is 9.55 Å². The van der Waals surface area contributed by atoms with Crippen LogP contribution >= 0.6 is 0 Å². The van der Waals surface area contributed by atoms with Crippen molar-refractivity contribution >= 4 is 5.97 Å². The molecular formula is C14H14N2O3. The molecule has 5 heteroatoms. The zero-order chi connectivity index (χ0) is 13.4. The van der Waals surface area contributed by atoms with E-state index in [4.69, 9.17) is 0 Å². The van der Waals surface area contributed by atoms with Gasteiger partial charge in [0.25, 0.3) is 0 Å². The first-order valence-electron chi connectivity index (χ1n) is 6.29. The Labute approximate surface area is 110 Å². The molecule has 0 aliphatic carbocycles. The summed E-state index contributed by atoms with van der Waals surface area (Å²) in [6, 6.07) is 6.68. The summed E-state index contributed by atoms with van der Waals surface area (Å²) in [4.78, 5) is 15.5. The normalized spacial score (nSPS) is 14.1. The Morgan fingerprint density at radius 2 is 1.95 bits per heavy atom. The van der Waals surface area contributed by atoms with Gasteiger partial charge in [0.05, 0.1) is 5.69 Å². The van der Waals surface area contributed by atoms with E-state index in [1.807, 2.05) is 4.57 Å². The minimum Gasteiger partial charge on any atom is -0.508 e. The molecule has 2 aromatic rings. The summed E-state index contributed by atoms with van der Waals surface area (Å²) in [6.45, 7) is 0.797. The van der Waals surface area contributed by atoms with Gasteiger partial charge in [0.2, 0.25) is 0 Å². The van der Waals surface area contributed by atoms with E-state index in [-0.39, 0.29) is 11.4 Å². The standard InChI is InChI=1S/C14H14N2O3/c17-10-6-4-9(5-7-10)13-15-12(14(18)19)11-3-1-2-8-16(11)13/h4-7,17H,1-3,8H2,(H,18,19). The first kappa shape index (κ1) is 11.8. The summed E-state index contributed by atoms with van der Waals surface area (Å²) in [6.07, 6.45) is 2.79. The number of rotatable bonds is 2. The average Bonchev–Trinajstić information content (AvgIpc) is 2.79. The molecule has 3 rings (SSSR count). The smallest absolute Gasteiger partial charge is 0.356 e. The Kier molecular flexibility index (Phi) is 2.74. The average molecular weight is 258 g/mol. The Morgan fingerprint density at radius 1 is 1.21 bits per heavy atom. The summed E-state index contributed by atoms with van der Waals surface area (Å²) in [5, 5.41) is 18.5. The highest BCUT2D eigenvalue weighted by molar-refractivity contribution is 5.88. The van der Waals surface area contributed by atoms with Crippen LogP contribution < -0.4 is 0 Å². The van der Waals surface area contributed by atoms with E-state index in [1.165, 1.54) is 0 Å². The maximum atomic E-state index is 11.3. The zero-order valence-electron chi connectivity index (χ0n) is 10.3. The number of aromatic nitrogens is 2. The lowest BCUT2D eigenvalue weighted by molar-refractivity contribution is 0.0689. The number of hydrogen-bond donors (Lipinski definition) is 2. The summed E-state index contributed by atoms with van der Waals surface area (Å²) >= 11 is 0. The predicted molar refractivity (Wildman–Crippen MR) is 69.2 cm³/mol. The Balaban J connectivity index is 2.16. The molecule has 0 fully saturated rings. The molecule has 1 aromatic carbocycles. The molecule has 0 spiro atoms. The predicted octanol–water partition coefficient (Wildman–Crippen LogP) is 2.29. The molecule has 0 radical (unpaired) electrons. The van der Waals surface area contributed by atoms with E-state index in [2.05, 4.69) is 4.98 Å². The van der Waals surface area contributed by atoms with Crippen LogP contribution in [0.4, 0.5) is 0 Å². The number of hydrogen-bond acceptors (Lipinski definition) is 3. The lowest BCUT2D eigenvalue weighted by Gasteiger charge is -2.16. The molecule has 0 bridgehead atoms. The van der Waals surface area contributed by atoms with Crippen LogP contribution in [0.5, 0.6) is 5.75 Å². The molecule has 0 unspecified atom stereocenters. The summed E-state index contributed by atoms with van der Waals surface area (Å²) < 4.78 is 1.99. The van der Waals surface area contributed by atoms with Crippen molar-refractivity contribution in [3.63, 3.8) is 0 Å². The SMILES string of the molecule is O=C(O)c1nc(-c2ccc(O)cc2)n2c1CCCC2. The quantitative estimate of drug-likeness (QED) is 0.866. The molecule has 1 aromatic heterocycles. The van der Waals surface area contributed by atoms with Crippen LogP contribution in [0.25, 0.3) is 11.4 Å². The fourth-order valence-electron chi connectivity index (χ4n) is 2.55. The molecule has 1 aliphatic rings. The van der Waals surface area contributed by atoms with Crippen molar-refractivity contribution in [1.29, 1.82) is 0 Å². The van der Waals surface area contributed by atoms with Crippen LogP contribution in [0.15, 0.2) is 24.3 Å². The fourth-order valence-corrected chi connectivity index (χ4v) is 2.55. The van der Waals surface area contributed by atoms with Gasteiger partial charge in [-0.15, -0.1) is 0 Å². The third-order valence-electron chi connectivity index (χ3n) is 3.45. The van der Waals surface area contributed by atoms with Crippen LogP contribution in [-0.4, -0.2) is 25.7 Å². The number of carboxylic acids is 1. The maximum absolute atomic E-state index is 11.3. The van der Waals surface area contributed by atoms with Crippen LogP contribution in [0.3, 0.4) is 0 Å². The number of nitrogens with zero attached hydrogens (tertiary/aromatic N) is 2. The molecule has 1 aliphatic heterocycles. The second kappa shape index (κ2) is 4.42. The van der Waals surface area contributed by atoms with Gasteiger partial charge in [-0.2, -0.15) is 0 Å². The van der Waals surface area contributed by atoms with Gasteiger partial charge in [-0.25, -0.2) is 9.78 Å². The van der Waals surface area contributed by atoms with Crippen molar-refractivity contribution in [2.24, 2.45) is 0 Å². The number of phenolic OH excluding ortho intramolecular Hbond substituents is 1.